The van der Waals surface area contributed by atoms with Gasteiger partial charge in [-0.1, -0.05) is 12.1 Å². The summed E-state index contributed by atoms with van der Waals surface area (Å²) in [6.07, 6.45) is 0. The van der Waals surface area contributed by atoms with Crippen molar-refractivity contribution in [2.24, 2.45) is 4.99 Å². The highest BCUT2D eigenvalue weighted by atomic mass is 127. The maximum Gasteiger partial charge on any atom is 0.387 e. The van der Waals surface area contributed by atoms with E-state index in [-0.39, 0.29) is 29.7 Å². The summed E-state index contributed by atoms with van der Waals surface area (Å²) in [5.74, 6) is 0.981. The highest BCUT2D eigenvalue weighted by molar-refractivity contribution is 14.0. The highest BCUT2D eigenvalue weighted by Gasteiger charge is 2.20. The smallest absolute Gasteiger partial charge is 0.387 e. The Morgan fingerprint density at radius 2 is 2.00 bits per heavy atom. The number of piperazine rings is 1. The molecule has 3 rings (SSSR count). The zero-order valence-electron chi connectivity index (χ0n) is 15.0. The number of alkyl halides is 2. The third-order valence-electron chi connectivity index (χ3n) is 4.18. The van der Waals surface area contributed by atoms with E-state index in [0.717, 1.165) is 37.7 Å². The van der Waals surface area contributed by atoms with E-state index in [4.69, 9.17) is 0 Å². The molecule has 5 nitrogen and oxygen atoms in total. The number of hydrogen-bond acceptors (Lipinski definition) is 4. The van der Waals surface area contributed by atoms with Crippen LogP contribution < -0.4 is 15.0 Å². The lowest BCUT2D eigenvalue weighted by Crippen LogP contribution is -2.52. The lowest BCUT2D eigenvalue weighted by atomic mass is 10.2. The number of rotatable bonds is 5. The van der Waals surface area contributed by atoms with Crippen molar-refractivity contribution in [2.75, 3.05) is 38.1 Å². The van der Waals surface area contributed by atoms with Crippen molar-refractivity contribution in [1.29, 1.82) is 0 Å². The average molecular weight is 508 g/mol. The third-order valence-corrected chi connectivity index (χ3v) is 5.11. The summed E-state index contributed by atoms with van der Waals surface area (Å²) in [6.45, 7) is 1.33. The number of halogens is 3. The molecular formula is C18H23F2IN4OS. The molecule has 0 saturated carbocycles. The standard InChI is InChI=1S/C18H22F2N4OS.HI/c1-21-18(22-13-14-4-2-5-15(12-14)25-17(19)20)24-9-7-23(8-10-24)16-6-3-11-26-16;/h2-6,11-12,17H,7-10,13H2,1H3,(H,21,22);1H. The summed E-state index contributed by atoms with van der Waals surface area (Å²) in [7, 11) is 1.75. The van der Waals surface area contributed by atoms with Crippen LogP contribution in [0.4, 0.5) is 13.8 Å². The van der Waals surface area contributed by atoms with E-state index < -0.39 is 6.61 Å². The Kier molecular flexibility index (Phi) is 8.55. The van der Waals surface area contributed by atoms with Gasteiger partial charge in [-0.3, -0.25) is 4.99 Å². The lowest BCUT2D eigenvalue weighted by Gasteiger charge is -2.37. The normalized spacial score (nSPS) is 14.9. The van der Waals surface area contributed by atoms with Crippen LogP contribution in [-0.4, -0.2) is 50.7 Å². The van der Waals surface area contributed by atoms with Crippen molar-refractivity contribution >= 4 is 46.3 Å². The third kappa shape index (κ3) is 6.20. The number of hydrogen-bond donors (Lipinski definition) is 1. The van der Waals surface area contributed by atoms with E-state index in [1.807, 2.05) is 6.07 Å². The van der Waals surface area contributed by atoms with Gasteiger partial charge in [0.2, 0.25) is 0 Å². The van der Waals surface area contributed by atoms with Gasteiger partial charge in [0.05, 0.1) is 5.00 Å². The molecule has 0 bridgehead atoms. The van der Waals surface area contributed by atoms with Crippen LogP contribution in [0.25, 0.3) is 0 Å². The maximum atomic E-state index is 12.3. The monoisotopic (exact) mass is 508 g/mol. The van der Waals surface area contributed by atoms with Gasteiger partial charge in [0, 0.05) is 39.8 Å². The van der Waals surface area contributed by atoms with E-state index in [2.05, 4.69) is 42.4 Å². The summed E-state index contributed by atoms with van der Waals surface area (Å²) in [5, 5.41) is 6.69. The Labute approximate surface area is 179 Å². The van der Waals surface area contributed by atoms with Crippen LogP contribution in [0.2, 0.25) is 0 Å². The molecule has 1 fully saturated rings. The zero-order valence-corrected chi connectivity index (χ0v) is 18.1. The van der Waals surface area contributed by atoms with E-state index in [9.17, 15) is 8.78 Å². The van der Waals surface area contributed by atoms with Crippen molar-refractivity contribution in [3.8, 4) is 5.75 Å². The van der Waals surface area contributed by atoms with Gasteiger partial charge in [-0.2, -0.15) is 8.78 Å². The molecule has 0 radical (unpaired) electrons. The summed E-state index contributed by atoms with van der Waals surface area (Å²) < 4.78 is 29.1. The van der Waals surface area contributed by atoms with Gasteiger partial charge < -0.3 is 19.9 Å². The average Bonchev–Trinajstić information content (AvgIpc) is 3.17. The molecule has 0 spiro atoms. The van der Waals surface area contributed by atoms with Gasteiger partial charge in [0.15, 0.2) is 5.96 Å². The number of benzene rings is 1. The molecule has 2 aromatic rings. The molecule has 0 aliphatic carbocycles. The second-order valence-electron chi connectivity index (χ2n) is 5.85. The van der Waals surface area contributed by atoms with Crippen LogP contribution in [0.5, 0.6) is 5.75 Å². The van der Waals surface area contributed by atoms with Gasteiger partial charge in [0.25, 0.3) is 0 Å². The van der Waals surface area contributed by atoms with Crippen molar-refractivity contribution < 1.29 is 13.5 Å². The van der Waals surface area contributed by atoms with Gasteiger partial charge >= 0.3 is 6.61 Å². The van der Waals surface area contributed by atoms with Gasteiger partial charge in [-0.15, -0.1) is 35.3 Å². The largest absolute Gasteiger partial charge is 0.435 e. The van der Waals surface area contributed by atoms with Crippen LogP contribution in [-0.2, 0) is 6.54 Å². The molecule has 0 atom stereocenters. The van der Waals surface area contributed by atoms with Gasteiger partial charge in [-0.25, -0.2) is 0 Å². The Morgan fingerprint density at radius 3 is 2.63 bits per heavy atom. The van der Waals surface area contributed by atoms with Crippen molar-refractivity contribution in [1.82, 2.24) is 10.2 Å². The number of guanidine groups is 1. The summed E-state index contributed by atoms with van der Waals surface area (Å²) in [6, 6.07) is 10.9. The van der Waals surface area contributed by atoms with Crippen LogP contribution in [0.3, 0.4) is 0 Å². The fourth-order valence-electron chi connectivity index (χ4n) is 2.93. The second-order valence-corrected chi connectivity index (χ2v) is 6.78. The van der Waals surface area contributed by atoms with Crippen molar-refractivity contribution in [3.63, 3.8) is 0 Å². The highest BCUT2D eigenvalue weighted by Crippen LogP contribution is 2.22. The Bertz CT molecular complexity index is 722. The molecule has 1 aliphatic rings. The van der Waals surface area contributed by atoms with E-state index in [1.54, 1.807) is 30.5 Å². The minimum atomic E-state index is -2.81. The van der Waals surface area contributed by atoms with Gasteiger partial charge in [0.1, 0.15) is 5.75 Å². The first-order valence-corrected chi connectivity index (χ1v) is 9.31. The molecule has 1 aliphatic heterocycles. The first kappa shape index (κ1) is 21.7. The van der Waals surface area contributed by atoms with E-state index in [1.165, 1.54) is 11.1 Å². The van der Waals surface area contributed by atoms with Crippen molar-refractivity contribution in [3.05, 3.63) is 47.3 Å². The van der Waals surface area contributed by atoms with Crippen LogP contribution in [0.15, 0.2) is 46.8 Å². The SMILES string of the molecule is CN=C(NCc1cccc(OC(F)F)c1)N1CCN(c2cccs2)CC1.I. The van der Waals surface area contributed by atoms with E-state index in [0.29, 0.717) is 6.54 Å². The summed E-state index contributed by atoms with van der Waals surface area (Å²) >= 11 is 1.75. The minimum absolute atomic E-state index is 0. The molecule has 9 heteroatoms. The number of ether oxygens (including phenoxy) is 1. The Balaban J connectivity index is 0.00000261. The van der Waals surface area contributed by atoms with Gasteiger partial charge in [-0.05, 0) is 35.2 Å². The molecule has 0 unspecified atom stereocenters. The molecule has 1 aromatic heterocycles. The second kappa shape index (κ2) is 10.6. The number of aliphatic imine (C=N–C) groups is 1. The zero-order chi connectivity index (χ0) is 18.4. The topological polar surface area (TPSA) is 40.1 Å². The number of nitrogens with zero attached hydrogens (tertiary/aromatic N) is 3. The number of anilines is 1. The predicted molar refractivity (Wildman–Crippen MR) is 117 cm³/mol. The van der Waals surface area contributed by atoms with Crippen molar-refractivity contribution in [2.45, 2.75) is 13.2 Å². The quantitative estimate of drug-likeness (QED) is 0.379. The predicted octanol–water partition coefficient (Wildman–Crippen LogP) is 3.87. The first-order valence-electron chi connectivity index (χ1n) is 8.43. The molecule has 2 heterocycles. The Hall–Kier alpha value is -1.62. The summed E-state index contributed by atoms with van der Waals surface area (Å²) in [4.78, 5) is 8.94. The molecule has 0 amide bonds. The number of thiophene rings is 1. The van der Waals surface area contributed by atoms with E-state index >= 15 is 0 Å². The number of nitrogens with one attached hydrogen (secondary N) is 1. The fourth-order valence-corrected chi connectivity index (χ4v) is 3.72. The van der Waals surface area contributed by atoms with Crippen LogP contribution >= 0.6 is 35.3 Å². The first-order chi connectivity index (χ1) is 12.7. The molecule has 1 N–H and O–H groups in total. The lowest BCUT2D eigenvalue weighted by molar-refractivity contribution is -0.0498. The molecule has 1 aromatic carbocycles. The minimum Gasteiger partial charge on any atom is -0.435 e. The fraction of sp³-hybridized carbons (Fsp3) is 0.389. The molecule has 148 valence electrons. The Morgan fingerprint density at radius 1 is 1.22 bits per heavy atom. The van der Waals surface area contributed by atoms with Crippen LogP contribution in [0.1, 0.15) is 5.56 Å². The van der Waals surface area contributed by atoms with Crippen LogP contribution in [0, 0.1) is 0 Å². The molecule has 1 saturated heterocycles. The maximum absolute atomic E-state index is 12.3. The molecule has 27 heavy (non-hydrogen) atoms. The summed E-state index contributed by atoms with van der Waals surface area (Å²) in [5.41, 5.74) is 0.863. The molecular weight excluding hydrogens is 485 g/mol.